The molecule has 1 saturated heterocycles. The highest BCUT2D eigenvalue weighted by molar-refractivity contribution is 5.19. The van der Waals surface area contributed by atoms with Gasteiger partial charge in [0.2, 0.25) is 0 Å². The molecule has 72 valence electrons. The zero-order chi connectivity index (χ0) is 9.80. The Morgan fingerprint density at radius 3 is 2.93 bits per heavy atom. The summed E-state index contributed by atoms with van der Waals surface area (Å²) in [6.45, 7) is 2.40. The van der Waals surface area contributed by atoms with E-state index in [2.05, 4.69) is 28.4 Å². The van der Waals surface area contributed by atoms with Gasteiger partial charge in [-0.2, -0.15) is 5.26 Å². The first-order chi connectivity index (χ1) is 6.92. The summed E-state index contributed by atoms with van der Waals surface area (Å²) < 4.78 is 0. The Labute approximate surface area is 84.0 Å². The quantitative estimate of drug-likeness (QED) is 0.705. The van der Waals surface area contributed by atoms with E-state index in [-0.39, 0.29) is 6.17 Å². The van der Waals surface area contributed by atoms with Gasteiger partial charge in [0, 0.05) is 13.1 Å². The van der Waals surface area contributed by atoms with Crippen LogP contribution in [0.5, 0.6) is 0 Å². The third-order valence-electron chi connectivity index (χ3n) is 2.49. The molecule has 1 heterocycles. The van der Waals surface area contributed by atoms with Crippen LogP contribution in [0.2, 0.25) is 0 Å². The lowest BCUT2D eigenvalue weighted by atomic mass is 10.1. The zero-order valence-corrected chi connectivity index (χ0v) is 7.98. The van der Waals surface area contributed by atoms with Crippen molar-refractivity contribution in [3.05, 3.63) is 35.9 Å². The van der Waals surface area contributed by atoms with Crippen LogP contribution in [-0.4, -0.2) is 24.5 Å². The SMILES string of the molecule is N#CCN1CCNC1c1ccccc1. The monoisotopic (exact) mass is 187 g/mol. The molecule has 1 unspecified atom stereocenters. The second-order valence-electron chi connectivity index (χ2n) is 3.40. The van der Waals surface area contributed by atoms with Crippen molar-refractivity contribution in [1.29, 1.82) is 5.26 Å². The smallest absolute Gasteiger partial charge is 0.0881 e. The Kier molecular flexibility index (Phi) is 2.78. The van der Waals surface area contributed by atoms with Gasteiger partial charge in [0.25, 0.3) is 0 Å². The fourth-order valence-electron chi connectivity index (χ4n) is 1.83. The standard InChI is InChI=1S/C11H13N3/c12-6-8-14-9-7-13-11(14)10-4-2-1-3-5-10/h1-5,11,13H,7-9H2. The van der Waals surface area contributed by atoms with Crippen LogP contribution < -0.4 is 5.32 Å². The van der Waals surface area contributed by atoms with E-state index in [1.165, 1.54) is 5.56 Å². The average molecular weight is 187 g/mol. The molecule has 3 nitrogen and oxygen atoms in total. The Bertz CT molecular complexity index is 328. The van der Waals surface area contributed by atoms with Crippen LogP contribution in [0.1, 0.15) is 11.7 Å². The number of hydrogen-bond acceptors (Lipinski definition) is 3. The van der Waals surface area contributed by atoms with Gasteiger partial charge in [0.1, 0.15) is 0 Å². The van der Waals surface area contributed by atoms with Gasteiger partial charge in [0.15, 0.2) is 0 Å². The van der Waals surface area contributed by atoms with Crippen LogP contribution in [0.4, 0.5) is 0 Å². The molecule has 0 bridgehead atoms. The summed E-state index contributed by atoms with van der Waals surface area (Å²) >= 11 is 0. The number of nitriles is 1. The first kappa shape index (κ1) is 9.20. The highest BCUT2D eigenvalue weighted by Gasteiger charge is 2.24. The van der Waals surface area contributed by atoms with Crippen LogP contribution in [0.25, 0.3) is 0 Å². The summed E-state index contributed by atoms with van der Waals surface area (Å²) in [7, 11) is 0. The van der Waals surface area contributed by atoms with Crippen LogP contribution in [-0.2, 0) is 0 Å². The van der Waals surface area contributed by atoms with Gasteiger partial charge < -0.3 is 0 Å². The van der Waals surface area contributed by atoms with Gasteiger partial charge in [-0.3, -0.25) is 10.2 Å². The molecular formula is C11H13N3. The van der Waals surface area contributed by atoms with E-state index in [4.69, 9.17) is 5.26 Å². The molecule has 2 rings (SSSR count). The van der Waals surface area contributed by atoms with E-state index in [0.29, 0.717) is 6.54 Å². The topological polar surface area (TPSA) is 39.1 Å². The molecule has 0 aliphatic carbocycles. The summed E-state index contributed by atoms with van der Waals surface area (Å²) in [4.78, 5) is 2.15. The molecule has 0 amide bonds. The molecule has 1 aliphatic heterocycles. The predicted molar refractivity (Wildman–Crippen MR) is 54.4 cm³/mol. The molecule has 0 spiro atoms. The maximum Gasteiger partial charge on any atom is 0.0881 e. The van der Waals surface area contributed by atoms with Crippen LogP contribution in [0, 0.1) is 11.3 Å². The van der Waals surface area contributed by atoms with E-state index < -0.39 is 0 Å². The third-order valence-corrected chi connectivity index (χ3v) is 2.49. The van der Waals surface area contributed by atoms with Crippen LogP contribution >= 0.6 is 0 Å². The zero-order valence-electron chi connectivity index (χ0n) is 7.98. The second-order valence-corrected chi connectivity index (χ2v) is 3.40. The molecule has 1 atom stereocenters. The van der Waals surface area contributed by atoms with E-state index >= 15 is 0 Å². The first-order valence-corrected chi connectivity index (χ1v) is 4.81. The van der Waals surface area contributed by atoms with Crippen molar-refractivity contribution in [2.24, 2.45) is 0 Å². The van der Waals surface area contributed by atoms with Crippen molar-refractivity contribution >= 4 is 0 Å². The largest absolute Gasteiger partial charge is 0.297 e. The summed E-state index contributed by atoms with van der Waals surface area (Å²) in [5.41, 5.74) is 1.24. The fraction of sp³-hybridized carbons (Fsp3) is 0.364. The summed E-state index contributed by atoms with van der Waals surface area (Å²) in [6.07, 6.45) is 0.218. The van der Waals surface area contributed by atoms with Gasteiger partial charge >= 0.3 is 0 Å². The lowest BCUT2D eigenvalue weighted by Crippen LogP contribution is -2.27. The minimum Gasteiger partial charge on any atom is -0.297 e. The van der Waals surface area contributed by atoms with Gasteiger partial charge in [-0.1, -0.05) is 30.3 Å². The number of nitrogens with one attached hydrogen (secondary N) is 1. The van der Waals surface area contributed by atoms with Crippen molar-refractivity contribution < 1.29 is 0 Å². The van der Waals surface area contributed by atoms with Gasteiger partial charge in [-0.15, -0.1) is 0 Å². The van der Waals surface area contributed by atoms with Crippen LogP contribution in [0.3, 0.4) is 0 Å². The summed E-state index contributed by atoms with van der Waals surface area (Å²) in [5, 5.41) is 12.1. The average Bonchev–Trinajstić information content (AvgIpc) is 2.68. The molecule has 0 radical (unpaired) electrons. The molecule has 1 fully saturated rings. The molecule has 14 heavy (non-hydrogen) atoms. The molecule has 3 heteroatoms. The molecule has 1 aromatic carbocycles. The minimum atomic E-state index is 0.218. The lowest BCUT2D eigenvalue weighted by Gasteiger charge is -2.21. The molecule has 1 N–H and O–H groups in total. The number of hydrogen-bond donors (Lipinski definition) is 1. The minimum absolute atomic E-state index is 0.218. The van der Waals surface area contributed by atoms with Crippen molar-refractivity contribution in [1.82, 2.24) is 10.2 Å². The Morgan fingerprint density at radius 2 is 2.21 bits per heavy atom. The normalized spacial score (nSPS) is 22.1. The highest BCUT2D eigenvalue weighted by Crippen LogP contribution is 2.20. The fourth-order valence-corrected chi connectivity index (χ4v) is 1.83. The molecule has 0 aromatic heterocycles. The van der Waals surface area contributed by atoms with Gasteiger partial charge in [0.05, 0.1) is 18.8 Å². The highest BCUT2D eigenvalue weighted by atomic mass is 15.3. The maximum atomic E-state index is 8.67. The van der Waals surface area contributed by atoms with Crippen molar-refractivity contribution in [3.8, 4) is 6.07 Å². The Morgan fingerprint density at radius 1 is 1.43 bits per heavy atom. The van der Waals surface area contributed by atoms with E-state index in [0.717, 1.165) is 13.1 Å². The number of nitrogens with zero attached hydrogens (tertiary/aromatic N) is 2. The predicted octanol–water partition coefficient (Wildman–Crippen LogP) is 1.11. The van der Waals surface area contributed by atoms with Gasteiger partial charge in [-0.05, 0) is 5.56 Å². The van der Waals surface area contributed by atoms with Crippen molar-refractivity contribution in [2.75, 3.05) is 19.6 Å². The van der Waals surface area contributed by atoms with Crippen molar-refractivity contribution in [2.45, 2.75) is 6.17 Å². The molecule has 1 aliphatic rings. The summed E-state index contributed by atoms with van der Waals surface area (Å²) in [5.74, 6) is 0. The first-order valence-electron chi connectivity index (χ1n) is 4.81. The van der Waals surface area contributed by atoms with E-state index in [1.807, 2.05) is 18.2 Å². The van der Waals surface area contributed by atoms with E-state index in [1.54, 1.807) is 0 Å². The lowest BCUT2D eigenvalue weighted by molar-refractivity contribution is 0.274. The van der Waals surface area contributed by atoms with Crippen LogP contribution in [0.15, 0.2) is 30.3 Å². The number of benzene rings is 1. The Hall–Kier alpha value is -1.37. The van der Waals surface area contributed by atoms with Crippen molar-refractivity contribution in [3.63, 3.8) is 0 Å². The molecule has 0 saturated carbocycles. The number of rotatable bonds is 2. The molecular weight excluding hydrogens is 174 g/mol. The maximum absolute atomic E-state index is 8.67. The third kappa shape index (κ3) is 1.77. The Balaban J connectivity index is 2.14. The summed E-state index contributed by atoms with van der Waals surface area (Å²) in [6, 6.07) is 12.4. The second kappa shape index (κ2) is 4.23. The van der Waals surface area contributed by atoms with E-state index in [9.17, 15) is 0 Å². The van der Waals surface area contributed by atoms with Gasteiger partial charge in [-0.25, -0.2) is 0 Å². The molecule has 1 aromatic rings.